The van der Waals surface area contributed by atoms with Gasteiger partial charge in [0.1, 0.15) is 11.5 Å². The smallest absolute Gasteiger partial charge is 0.130 e. The van der Waals surface area contributed by atoms with Gasteiger partial charge in [-0.3, -0.25) is 0 Å². The van der Waals surface area contributed by atoms with E-state index in [1.54, 1.807) is 0 Å². The Labute approximate surface area is 108 Å². The number of hydrogen-bond donors (Lipinski definition) is 1. The molecular weight excluding hydrogens is 222 g/mol. The third-order valence-electron chi connectivity index (χ3n) is 2.88. The molecule has 0 aliphatic heterocycles. The summed E-state index contributed by atoms with van der Waals surface area (Å²) in [6, 6.07) is 14.3. The summed E-state index contributed by atoms with van der Waals surface area (Å²) in [4.78, 5) is 0. The van der Waals surface area contributed by atoms with E-state index in [4.69, 9.17) is 10.5 Å². The number of rotatable bonds is 4. The van der Waals surface area contributed by atoms with E-state index in [9.17, 15) is 0 Å². The number of hydrogen-bond acceptors (Lipinski definition) is 2. The first kappa shape index (κ1) is 12.7. The van der Waals surface area contributed by atoms with E-state index in [-0.39, 0.29) is 0 Å². The fourth-order valence-electron chi connectivity index (χ4n) is 1.89. The maximum absolute atomic E-state index is 5.92. The minimum absolute atomic E-state index is 0.633. The van der Waals surface area contributed by atoms with Crippen LogP contribution in [0.2, 0.25) is 0 Å². The van der Waals surface area contributed by atoms with Gasteiger partial charge in [0.2, 0.25) is 0 Å². The van der Waals surface area contributed by atoms with Crippen LogP contribution in [0.1, 0.15) is 16.7 Å². The molecule has 0 saturated carbocycles. The van der Waals surface area contributed by atoms with Crippen LogP contribution in [0.25, 0.3) is 0 Å². The van der Waals surface area contributed by atoms with Gasteiger partial charge in [-0.05, 0) is 50.6 Å². The van der Waals surface area contributed by atoms with Crippen LogP contribution in [0.3, 0.4) is 0 Å². The van der Waals surface area contributed by atoms with Gasteiger partial charge in [0.15, 0.2) is 0 Å². The van der Waals surface area contributed by atoms with E-state index < -0.39 is 0 Å². The lowest BCUT2D eigenvalue weighted by Gasteiger charge is -2.11. The second-order valence-corrected chi connectivity index (χ2v) is 4.56. The summed E-state index contributed by atoms with van der Waals surface area (Å²) < 4.78 is 5.92. The van der Waals surface area contributed by atoms with E-state index in [0.29, 0.717) is 6.54 Å². The molecule has 0 heterocycles. The molecule has 0 saturated heterocycles. The SMILES string of the molecule is Cc1ccc(Oc2ccc(C)cc2CCN)cc1. The topological polar surface area (TPSA) is 35.2 Å². The third kappa shape index (κ3) is 3.11. The third-order valence-corrected chi connectivity index (χ3v) is 2.88. The first-order valence-corrected chi connectivity index (χ1v) is 6.23. The lowest BCUT2D eigenvalue weighted by atomic mass is 10.1. The predicted octanol–water partition coefficient (Wildman–Crippen LogP) is 3.60. The molecule has 0 aliphatic rings. The summed E-state index contributed by atoms with van der Waals surface area (Å²) in [5, 5.41) is 0. The minimum atomic E-state index is 0.633. The van der Waals surface area contributed by atoms with E-state index in [1.165, 1.54) is 11.1 Å². The molecule has 2 aromatic rings. The molecule has 0 aliphatic carbocycles. The molecule has 0 spiro atoms. The average Bonchev–Trinajstić information content (AvgIpc) is 2.36. The van der Waals surface area contributed by atoms with Crippen molar-refractivity contribution in [1.82, 2.24) is 0 Å². The Balaban J connectivity index is 2.25. The van der Waals surface area contributed by atoms with Crippen molar-refractivity contribution < 1.29 is 4.74 Å². The van der Waals surface area contributed by atoms with Crippen LogP contribution in [0.5, 0.6) is 11.5 Å². The van der Waals surface area contributed by atoms with Gasteiger partial charge in [-0.25, -0.2) is 0 Å². The zero-order chi connectivity index (χ0) is 13.0. The van der Waals surface area contributed by atoms with Crippen LogP contribution >= 0.6 is 0 Å². The Kier molecular flexibility index (Phi) is 4.00. The van der Waals surface area contributed by atoms with Crippen LogP contribution in [-0.2, 0) is 6.42 Å². The van der Waals surface area contributed by atoms with Crippen molar-refractivity contribution in [2.24, 2.45) is 5.73 Å². The first-order valence-electron chi connectivity index (χ1n) is 6.23. The maximum Gasteiger partial charge on any atom is 0.130 e. The van der Waals surface area contributed by atoms with Gasteiger partial charge in [-0.15, -0.1) is 0 Å². The Bertz CT molecular complexity index is 517. The van der Waals surface area contributed by atoms with E-state index in [0.717, 1.165) is 23.5 Å². The molecule has 94 valence electrons. The Morgan fingerprint density at radius 2 is 1.61 bits per heavy atom. The number of aryl methyl sites for hydroxylation is 2. The quantitative estimate of drug-likeness (QED) is 0.887. The molecule has 2 aromatic carbocycles. The second-order valence-electron chi connectivity index (χ2n) is 4.56. The highest BCUT2D eigenvalue weighted by atomic mass is 16.5. The highest BCUT2D eigenvalue weighted by molar-refractivity contribution is 5.40. The van der Waals surface area contributed by atoms with Gasteiger partial charge in [0.25, 0.3) is 0 Å². The van der Waals surface area contributed by atoms with Crippen LogP contribution in [-0.4, -0.2) is 6.54 Å². The van der Waals surface area contributed by atoms with Gasteiger partial charge in [0.05, 0.1) is 0 Å². The van der Waals surface area contributed by atoms with Crippen LogP contribution in [0.4, 0.5) is 0 Å². The summed E-state index contributed by atoms with van der Waals surface area (Å²) in [5.74, 6) is 1.76. The molecule has 2 rings (SSSR count). The molecule has 0 unspecified atom stereocenters. The van der Waals surface area contributed by atoms with Gasteiger partial charge in [-0.2, -0.15) is 0 Å². The summed E-state index contributed by atoms with van der Waals surface area (Å²) in [6.45, 7) is 4.78. The molecule has 0 atom stereocenters. The molecular formula is C16H19NO. The summed E-state index contributed by atoms with van der Waals surface area (Å²) in [7, 11) is 0. The highest BCUT2D eigenvalue weighted by Gasteiger charge is 2.04. The second kappa shape index (κ2) is 5.69. The normalized spacial score (nSPS) is 10.4. The molecule has 0 amide bonds. The van der Waals surface area contributed by atoms with Crippen molar-refractivity contribution in [3.05, 3.63) is 59.2 Å². The van der Waals surface area contributed by atoms with Gasteiger partial charge >= 0.3 is 0 Å². The average molecular weight is 241 g/mol. The molecule has 2 heteroatoms. The minimum Gasteiger partial charge on any atom is -0.457 e. The lowest BCUT2D eigenvalue weighted by Crippen LogP contribution is -2.04. The number of benzene rings is 2. The van der Waals surface area contributed by atoms with Crippen LogP contribution in [0, 0.1) is 13.8 Å². The van der Waals surface area contributed by atoms with Crippen molar-refractivity contribution in [1.29, 1.82) is 0 Å². The monoisotopic (exact) mass is 241 g/mol. The summed E-state index contributed by atoms with van der Waals surface area (Å²) in [5.41, 5.74) is 9.26. The fraction of sp³-hybridized carbons (Fsp3) is 0.250. The molecule has 2 nitrogen and oxygen atoms in total. The Morgan fingerprint density at radius 1 is 0.944 bits per heavy atom. The maximum atomic E-state index is 5.92. The summed E-state index contributed by atoms with van der Waals surface area (Å²) in [6.07, 6.45) is 0.836. The van der Waals surface area contributed by atoms with Gasteiger partial charge in [0, 0.05) is 0 Å². The first-order chi connectivity index (χ1) is 8.69. The predicted molar refractivity (Wildman–Crippen MR) is 75.2 cm³/mol. The van der Waals surface area contributed by atoms with Gasteiger partial charge in [-0.1, -0.05) is 35.4 Å². The highest BCUT2D eigenvalue weighted by Crippen LogP contribution is 2.26. The number of nitrogens with two attached hydrogens (primary N) is 1. The van der Waals surface area contributed by atoms with Crippen molar-refractivity contribution in [3.63, 3.8) is 0 Å². The molecule has 0 radical (unpaired) electrons. The molecule has 2 N–H and O–H groups in total. The van der Waals surface area contributed by atoms with Crippen molar-refractivity contribution in [3.8, 4) is 11.5 Å². The lowest BCUT2D eigenvalue weighted by molar-refractivity contribution is 0.476. The van der Waals surface area contributed by atoms with Gasteiger partial charge < -0.3 is 10.5 Å². The number of ether oxygens (including phenoxy) is 1. The van der Waals surface area contributed by atoms with E-state index in [1.807, 2.05) is 30.3 Å². The van der Waals surface area contributed by atoms with Crippen LogP contribution < -0.4 is 10.5 Å². The van der Waals surface area contributed by atoms with E-state index in [2.05, 4.69) is 26.0 Å². The van der Waals surface area contributed by atoms with Crippen molar-refractivity contribution >= 4 is 0 Å². The van der Waals surface area contributed by atoms with E-state index >= 15 is 0 Å². The molecule has 0 fully saturated rings. The molecule has 18 heavy (non-hydrogen) atoms. The zero-order valence-corrected chi connectivity index (χ0v) is 10.9. The molecule has 0 bridgehead atoms. The largest absolute Gasteiger partial charge is 0.457 e. The summed E-state index contributed by atoms with van der Waals surface area (Å²) >= 11 is 0. The zero-order valence-electron chi connectivity index (χ0n) is 10.9. The Morgan fingerprint density at radius 3 is 2.28 bits per heavy atom. The Hall–Kier alpha value is -1.80. The molecule has 0 aromatic heterocycles. The van der Waals surface area contributed by atoms with Crippen molar-refractivity contribution in [2.45, 2.75) is 20.3 Å². The van der Waals surface area contributed by atoms with Crippen LogP contribution in [0.15, 0.2) is 42.5 Å². The fourth-order valence-corrected chi connectivity index (χ4v) is 1.89. The van der Waals surface area contributed by atoms with Crippen molar-refractivity contribution in [2.75, 3.05) is 6.54 Å². The standard InChI is InChI=1S/C16H19NO/c1-12-3-6-15(7-4-12)18-16-8-5-13(2)11-14(16)9-10-17/h3-8,11H,9-10,17H2,1-2H3.